The fourth-order valence-electron chi connectivity index (χ4n) is 3.77. The lowest BCUT2D eigenvalue weighted by molar-refractivity contribution is -0.170. The van der Waals surface area contributed by atoms with Crippen LogP contribution in [0.25, 0.3) is 0 Å². The van der Waals surface area contributed by atoms with Gasteiger partial charge in [-0.15, -0.1) is 0 Å². The van der Waals surface area contributed by atoms with E-state index in [1.165, 1.54) is 0 Å². The van der Waals surface area contributed by atoms with E-state index in [4.69, 9.17) is 4.74 Å². The van der Waals surface area contributed by atoms with Gasteiger partial charge in [0.15, 0.2) is 0 Å². The molecule has 0 spiro atoms. The van der Waals surface area contributed by atoms with Crippen LogP contribution in [0.2, 0.25) is 0 Å². The number of rotatable bonds is 5. The summed E-state index contributed by atoms with van der Waals surface area (Å²) in [5.41, 5.74) is -0.388. The smallest absolute Gasteiger partial charge is 0.244 e. The summed E-state index contributed by atoms with van der Waals surface area (Å²) in [6.07, 6.45) is 2.18. The first-order chi connectivity index (χ1) is 9.69. The second kappa shape index (κ2) is 5.54. The van der Waals surface area contributed by atoms with Gasteiger partial charge in [0.25, 0.3) is 0 Å². The molecule has 1 aliphatic carbocycles. The molecule has 2 rings (SSSR count). The van der Waals surface area contributed by atoms with Crippen molar-refractivity contribution in [3.63, 3.8) is 0 Å². The van der Waals surface area contributed by atoms with Crippen LogP contribution in [0.1, 0.15) is 61.3 Å². The minimum absolute atomic E-state index is 0.0273. The normalized spacial score (nSPS) is 39.0. The highest BCUT2D eigenvalue weighted by Gasteiger charge is 2.59. The zero-order valence-electron chi connectivity index (χ0n) is 14.7. The summed E-state index contributed by atoms with van der Waals surface area (Å²) < 4.78 is 5.83. The van der Waals surface area contributed by atoms with Gasteiger partial charge in [0, 0.05) is 18.1 Å². The second-order valence-corrected chi connectivity index (χ2v) is 7.75. The summed E-state index contributed by atoms with van der Waals surface area (Å²) in [7, 11) is 0. The van der Waals surface area contributed by atoms with Crippen molar-refractivity contribution in [2.24, 2.45) is 11.3 Å². The summed E-state index contributed by atoms with van der Waals surface area (Å²) in [4.78, 5) is 15.1. The fraction of sp³-hybridized carbons (Fsp3) is 0.941. The Kier molecular flexibility index (Phi) is 4.42. The van der Waals surface area contributed by atoms with E-state index in [1.807, 2.05) is 13.8 Å². The maximum Gasteiger partial charge on any atom is 0.244 e. The lowest BCUT2D eigenvalue weighted by Crippen LogP contribution is -2.65. The zero-order chi connectivity index (χ0) is 16.0. The molecule has 0 aromatic carbocycles. The number of amides is 1. The van der Waals surface area contributed by atoms with E-state index in [9.17, 15) is 4.79 Å². The summed E-state index contributed by atoms with van der Waals surface area (Å²) in [6, 6.07) is 0.273. The van der Waals surface area contributed by atoms with Crippen LogP contribution in [0.4, 0.5) is 0 Å². The van der Waals surface area contributed by atoms with E-state index in [2.05, 4.69) is 44.8 Å². The number of carbonyl (C=O) groups is 1. The van der Waals surface area contributed by atoms with Gasteiger partial charge in [-0.3, -0.25) is 10.1 Å². The molecule has 122 valence electrons. The van der Waals surface area contributed by atoms with Crippen molar-refractivity contribution in [3.05, 3.63) is 0 Å². The highest BCUT2D eigenvalue weighted by Crippen LogP contribution is 2.48. The van der Waals surface area contributed by atoms with Gasteiger partial charge in [-0.25, -0.2) is 0 Å². The van der Waals surface area contributed by atoms with Gasteiger partial charge < -0.3 is 9.64 Å². The third kappa shape index (κ3) is 2.50. The number of nitrogens with one attached hydrogen (secondary N) is 1. The van der Waals surface area contributed by atoms with Crippen molar-refractivity contribution in [2.75, 3.05) is 6.61 Å². The van der Waals surface area contributed by atoms with Gasteiger partial charge in [0.2, 0.25) is 5.91 Å². The molecule has 21 heavy (non-hydrogen) atoms. The molecule has 2 aliphatic rings. The van der Waals surface area contributed by atoms with E-state index in [1.54, 1.807) is 0 Å². The highest BCUT2D eigenvalue weighted by molar-refractivity contribution is 5.89. The summed E-state index contributed by atoms with van der Waals surface area (Å²) in [6.45, 7) is 15.7. The monoisotopic (exact) mass is 296 g/mol. The van der Waals surface area contributed by atoms with Crippen LogP contribution in [-0.4, -0.2) is 41.3 Å². The summed E-state index contributed by atoms with van der Waals surface area (Å²) in [5, 5.41) is 3.59. The molecule has 1 amide bonds. The molecular weight excluding hydrogens is 264 g/mol. The van der Waals surface area contributed by atoms with Gasteiger partial charge in [-0.05, 0) is 32.6 Å². The summed E-state index contributed by atoms with van der Waals surface area (Å²) >= 11 is 0. The van der Waals surface area contributed by atoms with Crippen LogP contribution in [0.3, 0.4) is 0 Å². The van der Waals surface area contributed by atoms with E-state index in [0.717, 1.165) is 19.4 Å². The van der Waals surface area contributed by atoms with Crippen molar-refractivity contribution in [1.82, 2.24) is 10.2 Å². The minimum atomic E-state index is -0.415. The molecule has 0 aromatic rings. The van der Waals surface area contributed by atoms with Gasteiger partial charge in [0.05, 0.1) is 17.8 Å². The Morgan fingerprint density at radius 3 is 2.38 bits per heavy atom. The first kappa shape index (κ1) is 16.8. The molecule has 0 radical (unpaired) electrons. The Hall–Kier alpha value is -0.610. The van der Waals surface area contributed by atoms with Crippen molar-refractivity contribution in [1.29, 1.82) is 0 Å². The molecule has 1 aliphatic heterocycles. The Bertz CT molecular complexity index is 408. The molecule has 2 fully saturated rings. The maximum atomic E-state index is 13.0. The van der Waals surface area contributed by atoms with Crippen LogP contribution in [0.15, 0.2) is 0 Å². The maximum absolute atomic E-state index is 13.0. The quantitative estimate of drug-likeness (QED) is 0.848. The topological polar surface area (TPSA) is 41.6 Å². The number of carbonyl (C=O) groups excluding carboxylic acids is 1. The van der Waals surface area contributed by atoms with Gasteiger partial charge in [0.1, 0.15) is 0 Å². The molecule has 1 heterocycles. The molecule has 4 nitrogen and oxygen atoms in total. The summed E-state index contributed by atoms with van der Waals surface area (Å²) in [5.74, 6) is 0.668. The molecule has 1 saturated carbocycles. The predicted molar refractivity (Wildman–Crippen MR) is 84.9 cm³/mol. The fourth-order valence-corrected chi connectivity index (χ4v) is 3.77. The average molecular weight is 296 g/mol. The Morgan fingerprint density at radius 2 is 1.95 bits per heavy atom. The second-order valence-electron chi connectivity index (χ2n) is 7.75. The Morgan fingerprint density at radius 1 is 1.33 bits per heavy atom. The molecule has 1 saturated heterocycles. The molecule has 1 N–H and O–H groups in total. The predicted octanol–water partition coefficient (Wildman–Crippen LogP) is 2.77. The zero-order valence-corrected chi connectivity index (χ0v) is 14.7. The average Bonchev–Trinajstić information content (AvgIpc) is 2.68. The third-order valence-electron chi connectivity index (χ3n) is 5.64. The highest BCUT2D eigenvalue weighted by atomic mass is 16.5. The minimum Gasteiger partial charge on any atom is -0.378 e. The van der Waals surface area contributed by atoms with Crippen LogP contribution >= 0.6 is 0 Å². The number of ether oxygens (including phenoxy) is 1. The Balaban J connectivity index is 2.23. The SMILES string of the molecule is CCOC1CC(N2C(=O)C(C)(CC)NC2C(C)C)C1(C)C. The molecule has 0 bridgehead atoms. The van der Waals surface area contributed by atoms with Crippen LogP contribution in [0.5, 0.6) is 0 Å². The van der Waals surface area contributed by atoms with Crippen LogP contribution < -0.4 is 5.32 Å². The first-order valence-corrected chi connectivity index (χ1v) is 8.41. The van der Waals surface area contributed by atoms with Crippen molar-refractivity contribution < 1.29 is 9.53 Å². The first-order valence-electron chi connectivity index (χ1n) is 8.41. The van der Waals surface area contributed by atoms with E-state index >= 15 is 0 Å². The number of nitrogens with zero attached hydrogens (tertiary/aromatic N) is 1. The van der Waals surface area contributed by atoms with Crippen molar-refractivity contribution in [2.45, 2.75) is 85.2 Å². The molecule has 4 unspecified atom stereocenters. The molecule has 4 heteroatoms. The standard InChI is InChI=1S/C17H32N2O2/c1-8-17(7)15(20)19(14(18-17)11(3)4)12-10-13(21-9-2)16(12,5)6/h11-14,18H,8-10H2,1-7H3. The van der Waals surface area contributed by atoms with Crippen molar-refractivity contribution >= 4 is 5.91 Å². The largest absolute Gasteiger partial charge is 0.378 e. The van der Waals surface area contributed by atoms with Gasteiger partial charge >= 0.3 is 0 Å². The van der Waals surface area contributed by atoms with E-state index < -0.39 is 5.54 Å². The van der Waals surface area contributed by atoms with Crippen LogP contribution in [-0.2, 0) is 9.53 Å². The molecular formula is C17H32N2O2. The van der Waals surface area contributed by atoms with Crippen LogP contribution in [0, 0.1) is 11.3 Å². The van der Waals surface area contributed by atoms with Gasteiger partial charge in [-0.1, -0.05) is 34.6 Å². The lowest BCUT2D eigenvalue weighted by atomic mass is 9.63. The number of hydrogen-bond donors (Lipinski definition) is 1. The molecule has 0 aromatic heterocycles. The van der Waals surface area contributed by atoms with Gasteiger partial charge in [-0.2, -0.15) is 0 Å². The van der Waals surface area contributed by atoms with E-state index in [0.29, 0.717) is 5.92 Å². The van der Waals surface area contributed by atoms with E-state index in [-0.39, 0.29) is 29.6 Å². The molecule has 4 atom stereocenters. The lowest BCUT2D eigenvalue weighted by Gasteiger charge is -2.56. The number of hydrogen-bond acceptors (Lipinski definition) is 3. The van der Waals surface area contributed by atoms with Crippen molar-refractivity contribution in [3.8, 4) is 0 Å². The third-order valence-corrected chi connectivity index (χ3v) is 5.64. The Labute approximate surface area is 129 Å².